The molecule has 2 amide bonds. The van der Waals surface area contributed by atoms with E-state index >= 15 is 0 Å². The first-order valence-electron chi connectivity index (χ1n) is 14.8. The fraction of sp³-hybridized carbons (Fsp3) is 0.286. The monoisotopic (exact) mass is 784 g/mol. The number of pyridine rings is 1. The Kier molecular flexibility index (Phi) is 9.67. The van der Waals surface area contributed by atoms with E-state index in [0.717, 1.165) is 5.56 Å². The van der Waals surface area contributed by atoms with Crippen LogP contribution >= 0.6 is 55.1 Å². The molecule has 3 aromatic carbocycles. The van der Waals surface area contributed by atoms with Crippen molar-refractivity contribution in [1.82, 2.24) is 4.98 Å². The molecule has 0 radical (unpaired) electrons. The molecule has 46 heavy (non-hydrogen) atoms. The van der Waals surface area contributed by atoms with Crippen LogP contribution < -0.4 is 4.90 Å². The van der Waals surface area contributed by atoms with Crippen molar-refractivity contribution in [1.29, 1.82) is 0 Å². The third-order valence-electron chi connectivity index (χ3n) is 8.56. The minimum atomic E-state index is -1.10. The Morgan fingerprint density at radius 1 is 0.935 bits per heavy atom. The molecule has 1 aliphatic heterocycles. The molecule has 2 fully saturated rings. The van der Waals surface area contributed by atoms with Crippen molar-refractivity contribution >= 4 is 95.2 Å². The van der Waals surface area contributed by atoms with E-state index in [1.165, 1.54) is 4.90 Å². The number of aromatic nitrogens is 1. The normalized spacial score (nSPS) is 21.7. The van der Waals surface area contributed by atoms with Gasteiger partial charge in [-0.2, -0.15) is 0 Å². The van der Waals surface area contributed by atoms with Crippen molar-refractivity contribution in [2.45, 2.75) is 41.9 Å². The van der Waals surface area contributed by atoms with Crippen LogP contribution in [0.2, 0.25) is 5.02 Å². The molecular weight excluding hydrogens is 759 g/mol. The Hall–Kier alpha value is -3.11. The fourth-order valence-corrected chi connectivity index (χ4v) is 7.68. The molecule has 0 bridgehead atoms. The van der Waals surface area contributed by atoms with Crippen LogP contribution in [0.1, 0.15) is 45.5 Å². The van der Waals surface area contributed by atoms with E-state index < -0.39 is 12.1 Å². The number of Topliss-reactive ketones (excluding diaryl/α,β-unsaturated/α-hetero) is 1. The number of carbonyl (C=O) groups is 4. The maximum absolute atomic E-state index is 13.7. The van der Waals surface area contributed by atoms with Gasteiger partial charge in [-0.3, -0.25) is 19.3 Å². The van der Waals surface area contributed by atoms with E-state index in [1.807, 2.05) is 25.1 Å². The zero-order valence-corrected chi connectivity index (χ0v) is 29.3. The SMILES string of the molecule is Cc1ccc2nc(-c3ccc(N4C(=O)C5CC(Br)C(Br)CC5C4=O)cc3)cc(C(=O)OC(CCCl)C(=O)c3ccc(Cl)cc3)c2c1. The molecule has 4 aromatic rings. The number of alkyl halides is 3. The van der Waals surface area contributed by atoms with E-state index in [9.17, 15) is 19.2 Å². The zero-order chi connectivity index (χ0) is 32.7. The summed E-state index contributed by atoms with van der Waals surface area (Å²) in [5.74, 6) is -2.01. The Morgan fingerprint density at radius 2 is 1.57 bits per heavy atom. The number of aryl methyl sites for hydroxylation is 1. The molecule has 7 nitrogen and oxygen atoms in total. The maximum Gasteiger partial charge on any atom is 0.339 e. The Morgan fingerprint density at radius 3 is 2.17 bits per heavy atom. The Labute approximate surface area is 292 Å². The van der Waals surface area contributed by atoms with Gasteiger partial charge in [-0.05, 0) is 74.4 Å². The summed E-state index contributed by atoms with van der Waals surface area (Å²) in [6.07, 6.45) is 0.223. The number of hydrogen-bond acceptors (Lipinski definition) is 6. The average Bonchev–Trinajstić information content (AvgIpc) is 3.28. The highest BCUT2D eigenvalue weighted by Gasteiger charge is 2.52. The van der Waals surface area contributed by atoms with Crippen LogP contribution in [0.15, 0.2) is 72.8 Å². The van der Waals surface area contributed by atoms with Crippen LogP contribution in [0.4, 0.5) is 5.69 Å². The number of hydrogen-bond donors (Lipinski definition) is 0. The minimum Gasteiger partial charge on any atom is -0.450 e. The molecule has 1 saturated heterocycles. The summed E-state index contributed by atoms with van der Waals surface area (Å²) in [4.78, 5) is 60.0. The lowest BCUT2D eigenvalue weighted by atomic mass is 9.81. The zero-order valence-electron chi connectivity index (χ0n) is 24.6. The van der Waals surface area contributed by atoms with Crippen LogP contribution in [0.25, 0.3) is 22.2 Å². The van der Waals surface area contributed by atoms with Gasteiger partial charge in [0.25, 0.3) is 0 Å². The molecule has 0 N–H and O–H groups in total. The summed E-state index contributed by atoms with van der Waals surface area (Å²) in [5.41, 5.74) is 3.76. The van der Waals surface area contributed by atoms with Crippen molar-refractivity contribution in [3.8, 4) is 11.3 Å². The van der Waals surface area contributed by atoms with Crippen molar-refractivity contribution < 1.29 is 23.9 Å². The Bertz CT molecular complexity index is 1820. The minimum absolute atomic E-state index is 0.113. The van der Waals surface area contributed by atoms with E-state index in [0.29, 0.717) is 51.3 Å². The molecule has 2 aliphatic rings. The van der Waals surface area contributed by atoms with Gasteiger partial charge < -0.3 is 4.74 Å². The second kappa shape index (κ2) is 13.6. The number of fused-ring (bicyclic) bond motifs is 2. The third-order valence-corrected chi connectivity index (χ3v) is 11.8. The van der Waals surface area contributed by atoms with Crippen LogP contribution in [-0.4, -0.2) is 50.2 Å². The summed E-state index contributed by atoms with van der Waals surface area (Å²) >= 11 is 19.3. The summed E-state index contributed by atoms with van der Waals surface area (Å²) in [7, 11) is 0. The van der Waals surface area contributed by atoms with E-state index in [-0.39, 0.29) is 57.0 Å². The molecule has 1 aromatic heterocycles. The number of nitrogens with zero attached hydrogens (tertiary/aromatic N) is 2. The first-order valence-corrected chi connectivity index (χ1v) is 17.5. The number of amides is 2. The molecule has 0 spiro atoms. The van der Waals surface area contributed by atoms with Gasteiger partial charge in [0.15, 0.2) is 6.10 Å². The van der Waals surface area contributed by atoms with Gasteiger partial charge >= 0.3 is 5.97 Å². The van der Waals surface area contributed by atoms with Crippen LogP contribution in [0.3, 0.4) is 0 Å². The number of esters is 1. The number of rotatable bonds is 8. The number of anilines is 1. The van der Waals surface area contributed by atoms with Crippen LogP contribution in [0, 0.1) is 18.8 Å². The molecule has 11 heteroatoms. The number of ketones is 1. The van der Waals surface area contributed by atoms with Crippen molar-refractivity contribution in [3.05, 3.63) is 94.5 Å². The quantitative estimate of drug-likeness (QED) is 0.0772. The summed E-state index contributed by atoms with van der Waals surface area (Å²) in [5, 5.41) is 1.07. The molecular formula is C35H28Br2Cl2N2O5. The van der Waals surface area contributed by atoms with E-state index in [2.05, 4.69) is 31.9 Å². The first-order chi connectivity index (χ1) is 22.0. The summed E-state index contributed by atoms with van der Waals surface area (Å²) in [6, 6.07) is 20.6. The molecule has 1 aliphatic carbocycles. The standard InChI is InChI=1S/C35H28Br2Cl2N2O5/c1-18-2-11-29-23(14-18)26(35(45)46-31(12-13-38)32(42)20-3-7-21(39)8-4-20)17-30(40-29)19-5-9-22(10-6-19)41-33(43)24-15-27(36)28(37)16-25(24)34(41)44/h2-11,14,17,24-25,27-28,31H,12-13,15-16H2,1H3. The number of halogens is 4. The van der Waals surface area contributed by atoms with Crippen LogP contribution in [0.5, 0.6) is 0 Å². The van der Waals surface area contributed by atoms with Gasteiger partial charge in [-0.1, -0.05) is 67.2 Å². The molecule has 236 valence electrons. The third kappa shape index (κ3) is 6.39. The van der Waals surface area contributed by atoms with Gasteiger partial charge in [-0.25, -0.2) is 9.78 Å². The smallest absolute Gasteiger partial charge is 0.339 e. The lowest BCUT2D eigenvalue weighted by molar-refractivity contribution is -0.122. The lowest BCUT2D eigenvalue weighted by Gasteiger charge is -2.29. The second-order valence-corrected chi connectivity index (χ2v) is 14.8. The first kappa shape index (κ1) is 32.8. The number of benzene rings is 3. The average molecular weight is 787 g/mol. The van der Waals surface area contributed by atoms with Gasteiger partial charge in [0.1, 0.15) is 0 Å². The predicted octanol–water partition coefficient (Wildman–Crippen LogP) is 8.33. The number of imide groups is 1. The molecule has 5 atom stereocenters. The molecule has 6 rings (SSSR count). The van der Waals surface area contributed by atoms with Crippen molar-refractivity contribution in [2.75, 3.05) is 10.8 Å². The van der Waals surface area contributed by atoms with Gasteiger partial charge in [-0.15, -0.1) is 11.6 Å². The molecule has 2 heterocycles. The highest BCUT2D eigenvalue weighted by Crippen LogP contribution is 2.44. The number of ether oxygens (including phenoxy) is 1. The second-order valence-electron chi connectivity index (χ2n) is 11.6. The van der Waals surface area contributed by atoms with Gasteiger partial charge in [0.05, 0.1) is 34.3 Å². The van der Waals surface area contributed by atoms with Crippen LogP contribution in [-0.2, 0) is 14.3 Å². The van der Waals surface area contributed by atoms with Crippen molar-refractivity contribution in [2.24, 2.45) is 11.8 Å². The predicted molar refractivity (Wildman–Crippen MR) is 186 cm³/mol. The summed E-state index contributed by atoms with van der Waals surface area (Å²) < 4.78 is 5.81. The van der Waals surface area contributed by atoms with Gasteiger partial charge in [0, 0.05) is 43.5 Å². The van der Waals surface area contributed by atoms with E-state index in [4.69, 9.17) is 32.9 Å². The van der Waals surface area contributed by atoms with E-state index in [1.54, 1.807) is 54.6 Å². The highest BCUT2D eigenvalue weighted by molar-refractivity contribution is 9.12. The largest absolute Gasteiger partial charge is 0.450 e. The summed E-state index contributed by atoms with van der Waals surface area (Å²) in [6.45, 7) is 1.91. The maximum atomic E-state index is 13.7. The topological polar surface area (TPSA) is 93.6 Å². The van der Waals surface area contributed by atoms with Crippen molar-refractivity contribution in [3.63, 3.8) is 0 Å². The highest BCUT2D eigenvalue weighted by atomic mass is 79.9. The lowest BCUT2D eigenvalue weighted by Crippen LogP contribution is -2.34. The van der Waals surface area contributed by atoms with Gasteiger partial charge in [0.2, 0.25) is 17.6 Å². The molecule has 5 unspecified atom stereocenters. The fourth-order valence-electron chi connectivity index (χ4n) is 6.12. The molecule has 1 saturated carbocycles. The Balaban J connectivity index is 1.30. The number of carbonyl (C=O) groups excluding carboxylic acids is 4.